The molecule has 0 bridgehead atoms. The van der Waals surface area contributed by atoms with E-state index in [0.29, 0.717) is 24.2 Å². The number of amides is 2. The Balaban J connectivity index is 1.53. The van der Waals surface area contributed by atoms with Gasteiger partial charge in [-0.1, -0.05) is 12.1 Å². The zero-order valence-electron chi connectivity index (χ0n) is 16.4. The second-order valence-corrected chi connectivity index (χ2v) is 8.52. The Kier molecular flexibility index (Phi) is 7.43. The molecule has 0 spiro atoms. The third-order valence-electron chi connectivity index (χ3n) is 4.15. The number of hydrogen-bond acceptors (Lipinski definition) is 5. The van der Waals surface area contributed by atoms with Crippen molar-refractivity contribution >= 4 is 34.9 Å². The van der Waals surface area contributed by atoms with Crippen molar-refractivity contribution in [3.8, 4) is 0 Å². The van der Waals surface area contributed by atoms with Gasteiger partial charge in [-0.3, -0.25) is 9.59 Å². The Hall–Kier alpha value is -2.64. The molecule has 1 aromatic heterocycles. The summed E-state index contributed by atoms with van der Waals surface area (Å²) in [6.07, 6.45) is 0. The molecular weight excluding hydrogens is 402 g/mol. The first-order chi connectivity index (χ1) is 14.0. The van der Waals surface area contributed by atoms with Crippen molar-refractivity contribution in [3.63, 3.8) is 0 Å². The van der Waals surface area contributed by atoms with Gasteiger partial charge in [0, 0.05) is 40.2 Å². The van der Waals surface area contributed by atoms with Crippen LogP contribution in [0.5, 0.6) is 0 Å². The molecule has 0 saturated heterocycles. The van der Waals surface area contributed by atoms with Crippen molar-refractivity contribution in [1.29, 1.82) is 0 Å². The molecule has 2 aromatic carbocycles. The largest absolute Gasteiger partial charge is 0.352 e. The van der Waals surface area contributed by atoms with Crippen LogP contribution in [-0.2, 0) is 12.3 Å². The molecule has 0 unspecified atom stereocenters. The highest BCUT2D eigenvalue weighted by Gasteiger charge is 2.08. The fourth-order valence-electron chi connectivity index (χ4n) is 2.70. The molecule has 0 aliphatic rings. The van der Waals surface area contributed by atoms with Crippen LogP contribution in [0.2, 0.25) is 0 Å². The van der Waals surface area contributed by atoms with Crippen LogP contribution < -0.4 is 10.6 Å². The highest BCUT2D eigenvalue weighted by molar-refractivity contribution is 7.98. The molecule has 2 amide bonds. The number of aryl methyl sites for hydroxylation is 1. The molecular formula is C22H23N3O2S2. The molecule has 0 radical (unpaired) electrons. The molecule has 0 saturated carbocycles. The molecule has 3 rings (SSSR count). The highest BCUT2D eigenvalue weighted by atomic mass is 32.2. The lowest BCUT2D eigenvalue weighted by atomic mass is 10.1. The van der Waals surface area contributed by atoms with Crippen molar-refractivity contribution in [3.05, 3.63) is 81.3 Å². The standard InChI is InChI=1S/C22H23N3O2S2/c1-3-23-22(27)18-6-4-5-16(11-18)12-24-21(26)17-7-9-20(10-8-17)29-14-19-13-28-15(2)25-19/h4-11,13H,3,12,14H2,1-2H3,(H,23,27)(H,24,26). The van der Waals surface area contributed by atoms with Crippen molar-refractivity contribution in [2.45, 2.75) is 31.0 Å². The summed E-state index contributed by atoms with van der Waals surface area (Å²) in [5, 5.41) is 8.83. The van der Waals surface area contributed by atoms with Crippen LogP contribution in [0.4, 0.5) is 0 Å². The summed E-state index contributed by atoms with van der Waals surface area (Å²) in [6.45, 7) is 4.83. The molecule has 2 N–H and O–H groups in total. The van der Waals surface area contributed by atoms with E-state index in [-0.39, 0.29) is 11.8 Å². The minimum atomic E-state index is -0.139. The summed E-state index contributed by atoms with van der Waals surface area (Å²) in [5.41, 5.74) is 3.16. The second kappa shape index (κ2) is 10.2. The number of nitrogens with zero attached hydrogens (tertiary/aromatic N) is 1. The van der Waals surface area contributed by atoms with Gasteiger partial charge < -0.3 is 10.6 Å². The van der Waals surface area contributed by atoms with E-state index < -0.39 is 0 Å². The minimum absolute atomic E-state index is 0.110. The maximum absolute atomic E-state index is 12.4. The van der Waals surface area contributed by atoms with Gasteiger partial charge in [-0.05, 0) is 55.8 Å². The van der Waals surface area contributed by atoms with E-state index >= 15 is 0 Å². The Bertz CT molecular complexity index is 984. The lowest BCUT2D eigenvalue weighted by molar-refractivity contribution is 0.0947. The molecule has 0 fully saturated rings. The zero-order chi connectivity index (χ0) is 20.6. The molecule has 1 heterocycles. The summed E-state index contributed by atoms with van der Waals surface area (Å²) in [5.74, 6) is 0.569. The van der Waals surface area contributed by atoms with E-state index in [9.17, 15) is 9.59 Å². The van der Waals surface area contributed by atoms with Crippen LogP contribution in [0.1, 0.15) is 43.9 Å². The van der Waals surface area contributed by atoms with Crippen molar-refractivity contribution in [2.75, 3.05) is 6.54 Å². The summed E-state index contributed by atoms with van der Waals surface area (Å²) < 4.78 is 0. The Morgan fingerprint density at radius 2 is 1.79 bits per heavy atom. The highest BCUT2D eigenvalue weighted by Crippen LogP contribution is 2.23. The van der Waals surface area contributed by atoms with E-state index in [2.05, 4.69) is 21.0 Å². The van der Waals surface area contributed by atoms with Crippen molar-refractivity contribution < 1.29 is 9.59 Å². The number of aromatic nitrogens is 1. The number of hydrogen-bond donors (Lipinski definition) is 2. The quantitative estimate of drug-likeness (QED) is 0.524. The molecule has 0 aliphatic carbocycles. The Morgan fingerprint density at radius 1 is 1.03 bits per heavy atom. The predicted molar refractivity (Wildman–Crippen MR) is 118 cm³/mol. The van der Waals surface area contributed by atoms with Gasteiger partial charge in [-0.25, -0.2) is 4.98 Å². The number of benzene rings is 2. The summed E-state index contributed by atoms with van der Waals surface area (Å²) in [7, 11) is 0. The number of thiazole rings is 1. The lowest BCUT2D eigenvalue weighted by Crippen LogP contribution is -2.24. The fraction of sp³-hybridized carbons (Fsp3) is 0.227. The number of thioether (sulfide) groups is 1. The monoisotopic (exact) mass is 425 g/mol. The van der Waals surface area contributed by atoms with Gasteiger partial charge in [0.2, 0.25) is 0 Å². The number of carbonyl (C=O) groups excluding carboxylic acids is 2. The first kappa shape index (κ1) is 21.1. The normalized spacial score (nSPS) is 10.6. The van der Waals surface area contributed by atoms with Crippen LogP contribution >= 0.6 is 23.1 Å². The van der Waals surface area contributed by atoms with Gasteiger partial charge in [0.1, 0.15) is 0 Å². The molecule has 3 aromatic rings. The zero-order valence-corrected chi connectivity index (χ0v) is 18.0. The van der Waals surface area contributed by atoms with E-state index in [0.717, 1.165) is 26.9 Å². The molecule has 150 valence electrons. The Morgan fingerprint density at radius 3 is 2.48 bits per heavy atom. The van der Waals surface area contributed by atoms with Crippen LogP contribution in [0.25, 0.3) is 0 Å². The predicted octanol–water partition coefficient (Wildman–Crippen LogP) is 4.42. The van der Waals surface area contributed by atoms with Crippen LogP contribution in [-0.4, -0.2) is 23.3 Å². The van der Waals surface area contributed by atoms with Crippen LogP contribution in [0, 0.1) is 6.92 Å². The van der Waals surface area contributed by atoms with E-state index in [1.807, 2.05) is 50.2 Å². The second-order valence-electron chi connectivity index (χ2n) is 6.41. The molecule has 0 atom stereocenters. The summed E-state index contributed by atoms with van der Waals surface area (Å²) in [6, 6.07) is 14.8. The van der Waals surface area contributed by atoms with Gasteiger partial charge in [0.25, 0.3) is 11.8 Å². The molecule has 5 nitrogen and oxygen atoms in total. The molecule has 29 heavy (non-hydrogen) atoms. The van der Waals surface area contributed by atoms with Crippen molar-refractivity contribution in [1.82, 2.24) is 15.6 Å². The molecule has 7 heteroatoms. The summed E-state index contributed by atoms with van der Waals surface area (Å²) in [4.78, 5) is 29.9. The maximum Gasteiger partial charge on any atom is 0.251 e. The first-order valence-electron chi connectivity index (χ1n) is 9.34. The van der Waals surface area contributed by atoms with Gasteiger partial charge in [0.15, 0.2) is 0 Å². The van der Waals surface area contributed by atoms with Crippen LogP contribution in [0.15, 0.2) is 58.8 Å². The average molecular weight is 426 g/mol. The third kappa shape index (κ3) is 6.17. The number of rotatable bonds is 8. The topological polar surface area (TPSA) is 71.1 Å². The van der Waals surface area contributed by atoms with E-state index in [1.54, 1.807) is 35.2 Å². The van der Waals surface area contributed by atoms with Crippen LogP contribution in [0.3, 0.4) is 0 Å². The minimum Gasteiger partial charge on any atom is -0.352 e. The fourth-order valence-corrected chi connectivity index (χ4v) is 4.21. The maximum atomic E-state index is 12.4. The number of carbonyl (C=O) groups is 2. The average Bonchev–Trinajstić information content (AvgIpc) is 3.16. The SMILES string of the molecule is CCNC(=O)c1cccc(CNC(=O)c2ccc(SCc3csc(C)n3)cc2)c1. The van der Waals surface area contributed by atoms with Gasteiger partial charge in [-0.2, -0.15) is 0 Å². The van der Waals surface area contributed by atoms with E-state index in [4.69, 9.17) is 0 Å². The van der Waals surface area contributed by atoms with Gasteiger partial charge >= 0.3 is 0 Å². The third-order valence-corrected chi connectivity index (χ3v) is 6.02. The van der Waals surface area contributed by atoms with E-state index in [1.165, 1.54) is 0 Å². The lowest BCUT2D eigenvalue weighted by Gasteiger charge is -2.08. The van der Waals surface area contributed by atoms with Gasteiger partial charge in [0.05, 0.1) is 10.7 Å². The first-order valence-corrected chi connectivity index (χ1v) is 11.2. The Labute approximate surface area is 179 Å². The number of nitrogens with one attached hydrogen (secondary N) is 2. The smallest absolute Gasteiger partial charge is 0.251 e. The summed E-state index contributed by atoms with van der Waals surface area (Å²) >= 11 is 3.35. The van der Waals surface area contributed by atoms with Crippen molar-refractivity contribution in [2.24, 2.45) is 0 Å². The molecule has 0 aliphatic heterocycles. The van der Waals surface area contributed by atoms with Gasteiger partial charge in [-0.15, -0.1) is 23.1 Å².